The molecular formula is C28H22N2O2. The van der Waals surface area contributed by atoms with E-state index in [2.05, 4.69) is 0 Å². The molecule has 0 aliphatic carbocycles. The molecule has 0 radical (unpaired) electrons. The van der Waals surface area contributed by atoms with Gasteiger partial charge in [0, 0.05) is 11.1 Å². The summed E-state index contributed by atoms with van der Waals surface area (Å²) in [5.41, 5.74) is 3.29. The number of hydroxylamine groups is 1. The van der Waals surface area contributed by atoms with Gasteiger partial charge in [-0.3, -0.25) is 0 Å². The Kier molecular flexibility index (Phi) is 5.04. The molecule has 1 heterocycles. The number of nitrogens with zero attached hydrogens (tertiary/aromatic N) is 2. The number of hydrogen-bond donors (Lipinski definition) is 0. The highest BCUT2D eigenvalue weighted by Gasteiger charge is 2.51. The van der Waals surface area contributed by atoms with Crippen LogP contribution in [0.25, 0.3) is 0 Å². The van der Waals surface area contributed by atoms with Gasteiger partial charge in [0.25, 0.3) is 0 Å². The highest BCUT2D eigenvalue weighted by Crippen LogP contribution is 2.40. The lowest BCUT2D eigenvalue weighted by Crippen LogP contribution is -2.35. The van der Waals surface area contributed by atoms with Gasteiger partial charge in [-0.25, -0.2) is 0 Å². The van der Waals surface area contributed by atoms with E-state index in [9.17, 15) is 5.21 Å². The molecule has 0 saturated carbocycles. The number of ether oxygens (including phenoxy) is 1. The molecule has 0 N–H and O–H groups in total. The lowest BCUT2D eigenvalue weighted by Gasteiger charge is -2.26. The largest absolute Gasteiger partial charge is 0.621 e. The van der Waals surface area contributed by atoms with Gasteiger partial charge in [-0.1, -0.05) is 66.7 Å². The topological polar surface area (TPSA) is 47.7 Å². The van der Waals surface area contributed by atoms with E-state index in [1.807, 2.05) is 115 Å². The number of hydrogen-bond acceptors (Lipinski definition) is 3. The minimum atomic E-state index is -1.25. The summed E-state index contributed by atoms with van der Waals surface area (Å²) >= 11 is 0. The van der Waals surface area contributed by atoms with Gasteiger partial charge in [0.1, 0.15) is 11.5 Å². The zero-order chi connectivity index (χ0) is 22.0. The van der Waals surface area contributed by atoms with Crippen molar-refractivity contribution in [1.29, 1.82) is 0 Å². The minimum absolute atomic E-state index is 0.552. The van der Waals surface area contributed by atoms with Crippen LogP contribution in [0.4, 0.5) is 0 Å². The molecule has 1 aliphatic heterocycles. The quantitative estimate of drug-likeness (QED) is 0.322. The van der Waals surface area contributed by atoms with Crippen LogP contribution >= 0.6 is 0 Å². The number of aliphatic imine (C=N–C) groups is 1. The van der Waals surface area contributed by atoms with E-state index in [4.69, 9.17) is 9.73 Å². The molecule has 5 rings (SSSR count). The fraction of sp³-hybridized carbons (Fsp3) is 0.0714. The van der Waals surface area contributed by atoms with Crippen molar-refractivity contribution >= 4 is 11.4 Å². The number of benzene rings is 4. The van der Waals surface area contributed by atoms with E-state index in [0.29, 0.717) is 11.4 Å². The summed E-state index contributed by atoms with van der Waals surface area (Å²) in [6.07, 6.45) is 0. The van der Waals surface area contributed by atoms with Crippen molar-refractivity contribution in [3.63, 3.8) is 0 Å². The molecule has 0 spiro atoms. The molecule has 32 heavy (non-hydrogen) atoms. The Balaban J connectivity index is 1.84. The van der Waals surface area contributed by atoms with Gasteiger partial charge in [-0.15, -0.1) is 0 Å². The maximum Gasteiger partial charge on any atom is 0.319 e. The molecule has 0 bridgehead atoms. The summed E-state index contributed by atoms with van der Waals surface area (Å²) in [5, 5.41) is 14.3. The first kappa shape index (κ1) is 19.8. The van der Waals surface area contributed by atoms with E-state index in [0.717, 1.165) is 32.7 Å². The second-order valence-electron chi connectivity index (χ2n) is 7.60. The highest BCUT2D eigenvalue weighted by molar-refractivity contribution is 6.52. The van der Waals surface area contributed by atoms with E-state index >= 15 is 0 Å². The first-order valence-corrected chi connectivity index (χ1v) is 10.5. The SMILES string of the molecule is COc1ccc(C2(c3ccccc3)N=C(c3ccccc3)C(c3ccccc3)=[N+]2[O-])cc1. The van der Waals surface area contributed by atoms with Crippen LogP contribution in [-0.4, -0.2) is 23.3 Å². The summed E-state index contributed by atoms with van der Waals surface area (Å²) < 4.78 is 6.40. The summed E-state index contributed by atoms with van der Waals surface area (Å²) in [6.45, 7) is 0. The maximum atomic E-state index is 14.3. The van der Waals surface area contributed by atoms with Crippen LogP contribution in [0.5, 0.6) is 5.75 Å². The Hall–Kier alpha value is -4.18. The summed E-state index contributed by atoms with van der Waals surface area (Å²) in [4.78, 5) is 5.18. The van der Waals surface area contributed by atoms with Crippen LogP contribution in [0.15, 0.2) is 120 Å². The zero-order valence-electron chi connectivity index (χ0n) is 17.7. The summed E-state index contributed by atoms with van der Waals surface area (Å²) in [5.74, 6) is 0.729. The average Bonchev–Trinajstić information content (AvgIpc) is 3.19. The van der Waals surface area contributed by atoms with Gasteiger partial charge < -0.3 is 9.94 Å². The van der Waals surface area contributed by atoms with Gasteiger partial charge in [-0.05, 0) is 48.5 Å². The molecule has 0 saturated heterocycles. The molecule has 0 fully saturated rings. The molecule has 4 heteroatoms. The molecule has 1 atom stereocenters. The molecule has 1 unspecified atom stereocenters. The van der Waals surface area contributed by atoms with Crippen LogP contribution in [0.3, 0.4) is 0 Å². The van der Waals surface area contributed by atoms with Crippen molar-refractivity contribution in [3.8, 4) is 5.75 Å². The normalized spacial score (nSPS) is 17.8. The van der Waals surface area contributed by atoms with Crippen molar-refractivity contribution in [1.82, 2.24) is 0 Å². The third-order valence-electron chi connectivity index (χ3n) is 5.76. The maximum absolute atomic E-state index is 14.3. The monoisotopic (exact) mass is 418 g/mol. The third kappa shape index (κ3) is 3.17. The smallest absolute Gasteiger partial charge is 0.319 e. The molecule has 0 aromatic heterocycles. The van der Waals surface area contributed by atoms with Crippen molar-refractivity contribution in [2.45, 2.75) is 5.66 Å². The highest BCUT2D eigenvalue weighted by atomic mass is 16.5. The van der Waals surface area contributed by atoms with E-state index < -0.39 is 5.66 Å². The molecular weight excluding hydrogens is 396 g/mol. The summed E-state index contributed by atoms with van der Waals surface area (Å²) in [7, 11) is 1.63. The van der Waals surface area contributed by atoms with E-state index in [1.165, 1.54) is 0 Å². The van der Waals surface area contributed by atoms with Crippen molar-refractivity contribution < 1.29 is 9.48 Å². The standard InChI is InChI=1S/C28H22N2O2/c1-32-25-19-17-24(18-20-25)28(23-15-9-4-10-16-23)29-26(21-11-5-2-6-12-21)27(30(28)31)22-13-7-3-8-14-22/h2-20H,1H3. The number of methoxy groups -OCH3 is 1. The lowest BCUT2D eigenvalue weighted by molar-refractivity contribution is -0.537. The van der Waals surface area contributed by atoms with Crippen molar-refractivity contribution in [2.24, 2.45) is 4.99 Å². The predicted octanol–water partition coefficient (Wildman–Crippen LogP) is 5.40. The molecule has 4 aromatic rings. The zero-order valence-corrected chi connectivity index (χ0v) is 17.7. The predicted molar refractivity (Wildman–Crippen MR) is 127 cm³/mol. The third-order valence-corrected chi connectivity index (χ3v) is 5.76. The second-order valence-corrected chi connectivity index (χ2v) is 7.60. The van der Waals surface area contributed by atoms with Crippen LogP contribution in [0.2, 0.25) is 0 Å². The van der Waals surface area contributed by atoms with Gasteiger partial charge in [0.05, 0.1) is 18.2 Å². The van der Waals surface area contributed by atoms with Crippen molar-refractivity contribution in [2.75, 3.05) is 7.11 Å². The van der Waals surface area contributed by atoms with E-state index in [-0.39, 0.29) is 0 Å². The van der Waals surface area contributed by atoms with Crippen LogP contribution < -0.4 is 4.74 Å². The Morgan fingerprint density at radius 3 is 1.72 bits per heavy atom. The molecule has 4 aromatic carbocycles. The molecule has 0 amide bonds. The van der Waals surface area contributed by atoms with Crippen molar-refractivity contribution in [3.05, 3.63) is 143 Å². The van der Waals surface area contributed by atoms with Crippen LogP contribution in [-0.2, 0) is 5.66 Å². The first-order valence-electron chi connectivity index (χ1n) is 10.5. The molecule has 1 aliphatic rings. The number of rotatable bonds is 5. The Morgan fingerprint density at radius 2 is 1.16 bits per heavy atom. The van der Waals surface area contributed by atoms with E-state index in [1.54, 1.807) is 7.11 Å². The fourth-order valence-corrected chi connectivity index (χ4v) is 4.19. The van der Waals surface area contributed by atoms with Gasteiger partial charge in [-0.2, -0.15) is 9.73 Å². The molecule has 156 valence electrons. The average molecular weight is 418 g/mol. The van der Waals surface area contributed by atoms with Gasteiger partial charge >= 0.3 is 5.66 Å². The Bertz CT molecular complexity index is 1280. The van der Waals surface area contributed by atoms with Gasteiger partial charge in [0.15, 0.2) is 0 Å². The van der Waals surface area contributed by atoms with Gasteiger partial charge in [0.2, 0.25) is 5.71 Å². The Morgan fingerprint density at radius 1 is 0.656 bits per heavy atom. The summed E-state index contributed by atoms with van der Waals surface area (Å²) in [6, 6.07) is 36.9. The van der Waals surface area contributed by atoms with Crippen LogP contribution in [0, 0.1) is 5.21 Å². The minimum Gasteiger partial charge on any atom is -0.621 e. The first-order chi connectivity index (χ1) is 15.7. The molecule has 4 nitrogen and oxygen atoms in total. The lowest BCUT2D eigenvalue weighted by atomic mass is 9.92. The Labute approximate surface area is 187 Å². The fourth-order valence-electron chi connectivity index (χ4n) is 4.19. The second kappa shape index (κ2) is 8.16. The van der Waals surface area contributed by atoms with Crippen LogP contribution in [0.1, 0.15) is 22.3 Å².